The van der Waals surface area contributed by atoms with Crippen molar-refractivity contribution >= 4 is 17.1 Å². The fourth-order valence-electron chi connectivity index (χ4n) is 5.47. The number of hydrogen-bond acceptors (Lipinski definition) is 7. The van der Waals surface area contributed by atoms with Crippen molar-refractivity contribution in [2.75, 3.05) is 23.3 Å². The molecule has 0 saturated heterocycles. The molecule has 1 saturated carbocycles. The van der Waals surface area contributed by atoms with Crippen LogP contribution in [0.4, 0.5) is 17.1 Å². The van der Waals surface area contributed by atoms with E-state index in [9.17, 15) is 25.4 Å². The third-order valence-corrected chi connectivity index (χ3v) is 7.10. The first kappa shape index (κ1) is 20.1. The van der Waals surface area contributed by atoms with Crippen LogP contribution in [0.25, 0.3) is 0 Å². The Bertz CT molecular complexity index is 1040. The lowest BCUT2D eigenvalue weighted by Gasteiger charge is -2.48. The average Bonchev–Trinajstić information content (AvgIpc) is 2.76. The minimum atomic E-state index is -0.885. The summed E-state index contributed by atoms with van der Waals surface area (Å²) in [5.41, 5.74) is 5.20. The molecule has 0 aromatic heterocycles. The average molecular weight is 425 g/mol. The molecule has 0 bridgehead atoms. The molecule has 5 rings (SSSR count). The van der Waals surface area contributed by atoms with Crippen molar-refractivity contribution in [3.63, 3.8) is 0 Å². The lowest BCUT2D eigenvalue weighted by atomic mass is 9.68. The summed E-state index contributed by atoms with van der Waals surface area (Å²) in [4.78, 5) is 12.8. The van der Waals surface area contributed by atoms with Crippen molar-refractivity contribution in [1.82, 2.24) is 0 Å². The van der Waals surface area contributed by atoms with Crippen LogP contribution in [-0.4, -0.2) is 51.6 Å². The number of nitro groups is 1. The fraction of sp³-hybridized carbons (Fsp3) is 0.478. The highest BCUT2D eigenvalue weighted by atomic mass is 16.6. The monoisotopic (exact) mass is 425 g/mol. The molecule has 8 nitrogen and oxygen atoms in total. The first-order valence-electron chi connectivity index (χ1n) is 10.9. The lowest BCUT2D eigenvalue weighted by Crippen LogP contribution is -2.61. The summed E-state index contributed by atoms with van der Waals surface area (Å²) in [6.07, 6.45) is 2.03. The van der Waals surface area contributed by atoms with Gasteiger partial charge in [-0.3, -0.25) is 10.1 Å². The van der Waals surface area contributed by atoms with Gasteiger partial charge in [-0.25, -0.2) is 0 Å². The van der Waals surface area contributed by atoms with Gasteiger partial charge in [-0.05, 0) is 55.9 Å². The standard InChI is InChI=1S/C23H27N3O5/c1-12-10-14(26(30)31)6-7-17(12)24-19-22(28)18(23(19)29)16-11-13-4-2-8-25-9-3-5-15(20(13)25)21(16)27/h6-7,10-11,18-19,22-24,27-29H,2-5,8-9H2,1H3. The molecule has 164 valence electrons. The summed E-state index contributed by atoms with van der Waals surface area (Å²) in [5, 5.41) is 46.9. The van der Waals surface area contributed by atoms with E-state index in [1.165, 1.54) is 17.7 Å². The quantitative estimate of drug-likeness (QED) is 0.439. The van der Waals surface area contributed by atoms with E-state index >= 15 is 0 Å². The smallest absolute Gasteiger partial charge is 0.269 e. The molecular weight excluding hydrogens is 398 g/mol. The second-order valence-electron chi connectivity index (χ2n) is 8.93. The van der Waals surface area contributed by atoms with E-state index in [-0.39, 0.29) is 11.4 Å². The molecule has 31 heavy (non-hydrogen) atoms. The van der Waals surface area contributed by atoms with Gasteiger partial charge in [-0.15, -0.1) is 0 Å². The maximum atomic E-state index is 11.0. The lowest BCUT2D eigenvalue weighted by molar-refractivity contribution is -0.384. The summed E-state index contributed by atoms with van der Waals surface area (Å²) in [5.74, 6) is -0.367. The molecule has 2 heterocycles. The Morgan fingerprint density at radius 3 is 2.52 bits per heavy atom. The Hall–Kier alpha value is -2.84. The fourth-order valence-corrected chi connectivity index (χ4v) is 5.47. The molecule has 2 atom stereocenters. The molecule has 1 aliphatic carbocycles. The van der Waals surface area contributed by atoms with Gasteiger partial charge in [0.15, 0.2) is 0 Å². The van der Waals surface area contributed by atoms with Gasteiger partial charge in [0.25, 0.3) is 5.69 Å². The second-order valence-corrected chi connectivity index (χ2v) is 8.93. The molecular formula is C23H27N3O5. The Balaban J connectivity index is 1.41. The van der Waals surface area contributed by atoms with Crippen LogP contribution in [0.15, 0.2) is 24.3 Å². The van der Waals surface area contributed by atoms with Crippen LogP contribution in [0.5, 0.6) is 5.75 Å². The van der Waals surface area contributed by atoms with Gasteiger partial charge in [0, 0.05) is 53.6 Å². The summed E-state index contributed by atoms with van der Waals surface area (Å²) in [6.45, 7) is 3.76. The number of nitrogens with zero attached hydrogens (tertiary/aromatic N) is 2. The van der Waals surface area contributed by atoms with Gasteiger partial charge < -0.3 is 25.5 Å². The predicted octanol–water partition coefficient (Wildman–Crippen LogP) is 2.61. The van der Waals surface area contributed by atoms with Gasteiger partial charge in [-0.1, -0.05) is 0 Å². The molecule has 2 aromatic rings. The molecule has 3 aliphatic rings. The maximum absolute atomic E-state index is 11.0. The van der Waals surface area contributed by atoms with Gasteiger partial charge in [0.05, 0.1) is 23.2 Å². The topological polar surface area (TPSA) is 119 Å². The number of benzene rings is 2. The Kier molecular flexibility index (Phi) is 4.79. The van der Waals surface area contributed by atoms with Crippen molar-refractivity contribution in [2.45, 2.75) is 56.8 Å². The zero-order chi connectivity index (χ0) is 21.9. The number of non-ortho nitro benzene ring substituents is 1. The van der Waals surface area contributed by atoms with E-state index in [1.807, 2.05) is 6.07 Å². The minimum Gasteiger partial charge on any atom is -0.507 e. The molecule has 4 N–H and O–H groups in total. The Labute approximate surface area is 180 Å². The first-order valence-corrected chi connectivity index (χ1v) is 10.9. The van der Waals surface area contributed by atoms with Crippen LogP contribution in [0.3, 0.4) is 0 Å². The number of nitro benzene ring substituents is 1. The molecule has 2 aromatic carbocycles. The number of aromatic hydroxyl groups is 1. The van der Waals surface area contributed by atoms with Crippen LogP contribution in [0, 0.1) is 17.0 Å². The summed E-state index contributed by atoms with van der Waals surface area (Å²) in [7, 11) is 0. The van der Waals surface area contributed by atoms with E-state index in [4.69, 9.17) is 0 Å². The number of aryl methyl sites for hydroxylation is 2. The molecule has 2 aliphatic heterocycles. The van der Waals surface area contributed by atoms with Crippen LogP contribution < -0.4 is 10.2 Å². The molecule has 0 spiro atoms. The first-order chi connectivity index (χ1) is 14.9. The number of phenols is 1. The number of hydrogen-bond donors (Lipinski definition) is 4. The minimum absolute atomic E-state index is 0.00220. The van der Waals surface area contributed by atoms with Crippen LogP contribution in [0.2, 0.25) is 0 Å². The van der Waals surface area contributed by atoms with Gasteiger partial charge in [0.2, 0.25) is 0 Å². The second kappa shape index (κ2) is 7.39. The third kappa shape index (κ3) is 3.13. The molecule has 2 unspecified atom stereocenters. The normalized spacial score (nSPS) is 26.7. The van der Waals surface area contributed by atoms with E-state index in [1.54, 1.807) is 13.0 Å². The number of phenolic OH excluding ortho intramolecular Hbond substituents is 1. The number of aliphatic hydroxyl groups is 2. The predicted molar refractivity (Wildman–Crippen MR) is 117 cm³/mol. The van der Waals surface area contributed by atoms with E-state index in [2.05, 4.69) is 10.2 Å². The highest BCUT2D eigenvalue weighted by molar-refractivity contribution is 5.70. The SMILES string of the molecule is Cc1cc([N+](=O)[O-])ccc1NC1C(O)C(c2cc3c4c(c2O)CCCN4CCC3)C1O. The van der Waals surface area contributed by atoms with Crippen molar-refractivity contribution < 1.29 is 20.2 Å². The van der Waals surface area contributed by atoms with Gasteiger partial charge in [0.1, 0.15) is 5.75 Å². The van der Waals surface area contributed by atoms with E-state index in [0.717, 1.165) is 50.0 Å². The van der Waals surface area contributed by atoms with Gasteiger partial charge >= 0.3 is 0 Å². The molecule has 1 fully saturated rings. The van der Waals surface area contributed by atoms with Crippen molar-refractivity contribution in [1.29, 1.82) is 0 Å². The Morgan fingerprint density at radius 1 is 1.13 bits per heavy atom. The van der Waals surface area contributed by atoms with Gasteiger partial charge in [-0.2, -0.15) is 0 Å². The number of anilines is 2. The number of aliphatic hydroxyl groups excluding tert-OH is 2. The van der Waals surface area contributed by atoms with Crippen molar-refractivity contribution in [3.05, 3.63) is 56.6 Å². The molecule has 0 amide bonds. The summed E-state index contributed by atoms with van der Waals surface area (Å²) < 4.78 is 0. The number of nitrogens with one attached hydrogen (secondary N) is 1. The van der Waals surface area contributed by atoms with E-state index < -0.39 is 29.1 Å². The third-order valence-electron chi connectivity index (χ3n) is 7.10. The molecule has 0 radical (unpaired) electrons. The number of rotatable bonds is 4. The zero-order valence-corrected chi connectivity index (χ0v) is 17.4. The van der Waals surface area contributed by atoms with Crippen molar-refractivity contribution in [3.8, 4) is 5.75 Å². The van der Waals surface area contributed by atoms with Crippen LogP contribution >= 0.6 is 0 Å². The largest absolute Gasteiger partial charge is 0.507 e. The zero-order valence-electron chi connectivity index (χ0n) is 17.4. The van der Waals surface area contributed by atoms with Crippen molar-refractivity contribution in [2.24, 2.45) is 0 Å². The highest BCUT2D eigenvalue weighted by Gasteiger charge is 2.51. The molecule has 8 heteroatoms. The van der Waals surface area contributed by atoms with E-state index in [0.29, 0.717) is 16.8 Å². The van der Waals surface area contributed by atoms with Crippen LogP contribution in [0.1, 0.15) is 41.0 Å². The summed E-state index contributed by atoms with van der Waals surface area (Å²) >= 11 is 0. The van der Waals surface area contributed by atoms with Crippen LogP contribution in [-0.2, 0) is 12.8 Å². The maximum Gasteiger partial charge on any atom is 0.269 e. The highest BCUT2D eigenvalue weighted by Crippen LogP contribution is 2.49. The summed E-state index contributed by atoms with van der Waals surface area (Å²) in [6, 6.07) is 5.80. The Morgan fingerprint density at radius 2 is 1.84 bits per heavy atom.